The second kappa shape index (κ2) is 9.16. The van der Waals surface area contributed by atoms with Crippen molar-refractivity contribution in [2.24, 2.45) is 5.14 Å². The van der Waals surface area contributed by atoms with Crippen LogP contribution in [0.2, 0.25) is 5.02 Å². The summed E-state index contributed by atoms with van der Waals surface area (Å²) in [6.07, 6.45) is 1.40. The molecular formula is C19H20ClN5O4S. The van der Waals surface area contributed by atoms with Crippen LogP contribution >= 0.6 is 11.6 Å². The van der Waals surface area contributed by atoms with E-state index in [1.54, 1.807) is 31.4 Å². The third kappa shape index (κ3) is 5.29. The van der Waals surface area contributed by atoms with Crippen LogP contribution in [-0.4, -0.2) is 32.6 Å². The molecule has 2 aromatic carbocycles. The number of nitrogens with zero attached hydrogens (tertiary/aromatic N) is 2. The normalized spacial score (nSPS) is 11.1. The number of nitrogens with two attached hydrogens (primary N) is 1. The molecule has 3 rings (SSSR count). The largest absolute Gasteiger partial charge is 0.496 e. The van der Waals surface area contributed by atoms with E-state index in [0.717, 1.165) is 5.69 Å². The summed E-state index contributed by atoms with van der Waals surface area (Å²) in [6.45, 7) is 0.261. The van der Waals surface area contributed by atoms with Gasteiger partial charge in [0.25, 0.3) is 0 Å². The van der Waals surface area contributed by atoms with Gasteiger partial charge in [0.05, 0.1) is 24.1 Å². The van der Waals surface area contributed by atoms with Crippen molar-refractivity contribution in [2.45, 2.75) is 11.4 Å². The van der Waals surface area contributed by atoms with Gasteiger partial charge < -0.3 is 20.1 Å². The fourth-order valence-corrected chi connectivity index (χ4v) is 3.49. The third-order valence-corrected chi connectivity index (χ3v) is 5.34. The number of hydrogen-bond donors (Lipinski definition) is 3. The van der Waals surface area contributed by atoms with E-state index in [9.17, 15) is 8.42 Å². The van der Waals surface area contributed by atoms with Crippen molar-refractivity contribution in [2.75, 3.05) is 24.9 Å². The zero-order valence-corrected chi connectivity index (χ0v) is 17.8. The molecule has 0 bridgehead atoms. The standard InChI is InChI=1S/C19H20ClN5O4S/c1-28-16-6-4-14(30(21,26)27)7-12(16)10-22-18-9-19(24-11-23-18)25-13-3-5-17(29-2)15(20)8-13/h3-9,11H,10H2,1-2H3,(H2,21,26,27)(H2,22,23,24,25). The van der Waals surface area contributed by atoms with Crippen molar-refractivity contribution in [3.8, 4) is 11.5 Å². The average molecular weight is 450 g/mol. The minimum atomic E-state index is -3.82. The van der Waals surface area contributed by atoms with Crippen LogP contribution < -0.4 is 25.2 Å². The van der Waals surface area contributed by atoms with E-state index >= 15 is 0 Å². The Bertz CT molecular complexity index is 1160. The van der Waals surface area contributed by atoms with Crippen molar-refractivity contribution in [1.82, 2.24) is 9.97 Å². The number of hydrogen-bond acceptors (Lipinski definition) is 8. The van der Waals surface area contributed by atoms with Gasteiger partial charge >= 0.3 is 0 Å². The number of primary sulfonamides is 1. The van der Waals surface area contributed by atoms with Gasteiger partial charge in [0, 0.05) is 23.9 Å². The number of anilines is 3. The molecule has 0 atom stereocenters. The summed E-state index contributed by atoms with van der Waals surface area (Å²) in [5.41, 5.74) is 1.34. The van der Waals surface area contributed by atoms with Crippen molar-refractivity contribution in [3.63, 3.8) is 0 Å². The lowest BCUT2D eigenvalue weighted by Crippen LogP contribution is -2.13. The Kier molecular flexibility index (Phi) is 6.60. The van der Waals surface area contributed by atoms with E-state index in [1.807, 2.05) is 6.07 Å². The molecule has 1 aromatic heterocycles. The quantitative estimate of drug-likeness (QED) is 0.478. The molecular weight excluding hydrogens is 430 g/mol. The van der Waals surface area contributed by atoms with Gasteiger partial charge in [0.2, 0.25) is 10.0 Å². The van der Waals surface area contributed by atoms with Crippen molar-refractivity contribution in [3.05, 3.63) is 59.4 Å². The van der Waals surface area contributed by atoms with E-state index in [-0.39, 0.29) is 11.4 Å². The van der Waals surface area contributed by atoms with Gasteiger partial charge in [-0.2, -0.15) is 0 Å². The number of rotatable bonds is 8. The molecule has 0 spiro atoms. The number of benzene rings is 2. The van der Waals surface area contributed by atoms with Gasteiger partial charge in [-0.15, -0.1) is 0 Å². The molecule has 158 valence electrons. The van der Waals surface area contributed by atoms with E-state index in [1.165, 1.54) is 25.6 Å². The summed E-state index contributed by atoms with van der Waals surface area (Å²) < 4.78 is 33.7. The topological polar surface area (TPSA) is 128 Å². The number of halogens is 1. The van der Waals surface area contributed by atoms with Crippen LogP contribution in [0.5, 0.6) is 11.5 Å². The predicted molar refractivity (Wildman–Crippen MR) is 115 cm³/mol. The van der Waals surface area contributed by atoms with Crippen LogP contribution in [0.25, 0.3) is 0 Å². The monoisotopic (exact) mass is 449 g/mol. The van der Waals surface area contributed by atoms with Crippen LogP contribution in [-0.2, 0) is 16.6 Å². The fraction of sp³-hybridized carbons (Fsp3) is 0.158. The predicted octanol–water partition coefficient (Wildman–Crippen LogP) is 3.15. The number of sulfonamides is 1. The van der Waals surface area contributed by atoms with Gasteiger partial charge in [-0.05, 0) is 36.4 Å². The summed E-state index contributed by atoms with van der Waals surface area (Å²) in [4.78, 5) is 8.36. The smallest absolute Gasteiger partial charge is 0.238 e. The summed E-state index contributed by atoms with van der Waals surface area (Å²) >= 11 is 6.14. The van der Waals surface area contributed by atoms with Gasteiger partial charge in [0.1, 0.15) is 29.5 Å². The van der Waals surface area contributed by atoms with Crippen molar-refractivity contribution < 1.29 is 17.9 Å². The second-order valence-electron chi connectivity index (χ2n) is 6.14. The van der Waals surface area contributed by atoms with E-state index in [2.05, 4.69) is 20.6 Å². The van der Waals surface area contributed by atoms with E-state index in [4.69, 9.17) is 26.2 Å². The zero-order chi connectivity index (χ0) is 21.7. The third-order valence-electron chi connectivity index (χ3n) is 4.13. The van der Waals surface area contributed by atoms with Gasteiger partial charge in [-0.25, -0.2) is 23.5 Å². The highest BCUT2D eigenvalue weighted by Crippen LogP contribution is 2.29. The Hall–Kier alpha value is -3.08. The molecule has 11 heteroatoms. The molecule has 3 aromatic rings. The number of ether oxygens (including phenoxy) is 2. The van der Waals surface area contributed by atoms with E-state index < -0.39 is 10.0 Å². The molecule has 0 saturated carbocycles. The highest BCUT2D eigenvalue weighted by Gasteiger charge is 2.12. The molecule has 1 heterocycles. The van der Waals surface area contributed by atoms with Crippen LogP contribution in [0.15, 0.2) is 53.7 Å². The Balaban J connectivity index is 1.75. The molecule has 0 aliphatic carbocycles. The molecule has 0 aliphatic heterocycles. The summed E-state index contributed by atoms with van der Waals surface area (Å²) in [5, 5.41) is 11.9. The first-order chi connectivity index (χ1) is 14.3. The maximum atomic E-state index is 11.6. The van der Waals surface area contributed by atoms with Crippen molar-refractivity contribution in [1.29, 1.82) is 0 Å². The minimum Gasteiger partial charge on any atom is -0.496 e. The lowest BCUT2D eigenvalue weighted by atomic mass is 10.2. The molecule has 9 nitrogen and oxygen atoms in total. The molecule has 0 fully saturated rings. The molecule has 0 saturated heterocycles. The zero-order valence-electron chi connectivity index (χ0n) is 16.2. The lowest BCUT2D eigenvalue weighted by Gasteiger charge is -2.12. The van der Waals surface area contributed by atoms with E-state index in [0.29, 0.717) is 33.7 Å². The number of aromatic nitrogens is 2. The Labute approximate surface area is 179 Å². The fourth-order valence-electron chi connectivity index (χ4n) is 2.67. The van der Waals surface area contributed by atoms with Crippen LogP contribution in [0.3, 0.4) is 0 Å². The minimum absolute atomic E-state index is 0.00141. The molecule has 0 aliphatic rings. The second-order valence-corrected chi connectivity index (χ2v) is 8.10. The Morgan fingerprint density at radius 1 is 1.00 bits per heavy atom. The Morgan fingerprint density at radius 3 is 2.37 bits per heavy atom. The van der Waals surface area contributed by atoms with Crippen LogP contribution in [0, 0.1) is 0 Å². The highest BCUT2D eigenvalue weighted by atomic mass is 35.5. The maximum Gasteiger partial charge on any atom is 0.238 e. The maximum absolute atomic E-state index is 11.6. The van der Waals surface area contributed by atoms with Gasteiger partial charge in [-0.3, -0.25) is 0 Å². The van der Waals surface area contributed by atoms with Crippen molar-refractivity contribution >= 4 is 38.9 Å². The SMILES string of the molecule is COc1ccc(Nc2cc(NCc3cc(S(N)(=O)=O)ccc3OC)ncn2)cc1Cl. The van der Waals surface area contributed by atoms with Gasteiger partial charge in [0.15, 0.2) is 0 Å². The Morgan fingerprint density at radius 2 is 1.70 bits per heavy atom. The summed E-state index contributed by atoms with van der Waals surface area (Å²) in [5.74, 6) is 2.16. The lowest BCUT2D eigenvalue weighted by molar-refractivity contribution is 0.410. The molecule has 4 N–H and O–H groups in total. The number of nitrogens with one attached hydrogen (secondary N) is 2. The first-order valence-corrected chi connectivity index (χ1v) is 10.6. The molecule has 0 amide bonds. The van der Waals surface area contributed by atoms with Gasteiger partial charge in [-0.1, -0.05) is 11.6 Å². The molecule has 0 radical (unpaired) electrons. The summed E-state index contributed by atoms with van der Waals surface area (Å²) in [6, 6.07) is 11.4. The highest BCUT2D eigenvalue weighted by molar-refractivity contribution is 7.89. The van der Waals surface area contributed by atoms with Crippen LogP contribution in [0.1, 0.15) is 5.56 Å². The average Bonchev–Trinajstić information content (AvgIpc) is 2.72. The molecule has 0 unspecified atom stereocenters. The summed E-state index contributed by atoms with van der Waals surface area (Å²) in [7, 11) is -0.774. The first kappa shape index (κ1) is 21.6. The number of methoxy groups -OCH3 is 2. The van der Waals surface area contributed by atoms with Crippen LogP contribution in [0.4, 0.5) is 17.3 Å². The molecule has 30 heavy (non-hydrogen) atoms. The first-order valence-electron chi connectivity index (χ1n) is 8.66.